The number of anilines is 1. The first-order valence-electron chi connectivity index (χ1n) is 8.16. The van der Waals surface area contributed by atoms with Crippen LogP contribution in [0.25, 0.3) is 10.2 Å². The number of hydrogen-bond acceptors (Lipinski definition) is 7. The summed E-state index contributed by atoms with van der Waals surface area (Å²) in [6.07, 6.45) is 1.27. The lowest BCUT2D eigenvalue weighted by Gasteiger charge is -2.12. The van der Waals surface area contributed by atoms with Crippen LogP contribution in [0.15, 0.2) is 29.3 Å². The summed E-state index contributed by atoms with van der Waals surface area (Å²) >= 11 is 1.06. The molecule has 0 atom stereocenters. The Morgan fingerprint density at radius 3 is 2.68 bits per heavy atom. The maximum Gasteiger partial charge on any atom is 0.262 e. The van der Waals surface area contributed by atoms with Gasteiger partial charge >= 0.3 is 0 Å². The van der Waals surface area contributed by atoms with E-state index in [4.69, 9.17) is 15.2 Å². The van der Waals surface area contributed by atoms with Crippen LogP contribution in [0, 0.1) is 6.92 Å². The van der Waals surface area contributed by atoms with E-state index in [0.29, 0.717) is 27.6 Å². The first kappa shape index (κ1) is 19.4. The molecule has 2 heterocycles. The molecule has 3 N–H and O–H groups in total. The minimum Gasteiger partial charge on any atom is -0.497 e. The van der Waals surface area contributed by atoms with E-state index in [1.54, 1.807) is 25.1 Å². The van der Waals surface area contributed by atoms with Crippen molar-refractivity contribution in [3.05, 3.63) is 45.3 Å². The van der Waals surface area contributed by atoms with Crippen molar-refractivity contribution < 1.29 is 19.1 Å². The fourth-order valence-corrected chi connectivity index (χ4v) is 3.75. The number of ether oxygens (including phenoxy) is 2. The number of aryl methyl sites for hydroxylation is 1. The van der Waals surface area contributed by atoms with E-state index >= 15 is 0 Å². The van der Waals surface area contributed by atoms with Crippen LogP contribution in [0.1, 0.15) is 15.2 Å². The molecular formula is C18H18N4O5S. The summed E-state index contributed by atoms with van der Waals surface area (Å²) in [4.78, 5) is 41.6. The summed E-state index contributed by atoms with van der Waals surface area (Å²) < 4.78 is 11.5. The molecule has 28 heavy (non-hydrogen) atoms. The average Bonchev–Trinajstić information content (AvgIpc) is 3.01. The van der Waals surface area contributed by atoms with Gasteiger partial charge in [0.05, 0.1) is 36.5 Å². The standard InChI is InChI=1S/C18H18N4O5S/c1-9-14-17(28-15(9)16(19)24)20-8-22(18(14)25)7-13(23)21-11-6-10(26-2)4-5-12(11)27-3/h4-6,8H,7H2,1-3H3,(H2,19,24)(H,21,23). The van der Waals surface area contributed by atoms with Crippen molar-refractivity contribution in [2.24, 2.45) is 5.73 Å². The number of hydrogen-bond donors (Lipinski definition) is 2. The normalized spacial score (nSPS) is 10.7. The molecule has 3 aromatic rings. The zero-order chi connectivity index (χ0) is 20.4. The maximum absolute atomic E-state index is 12.7. The molecule has 0 aliphatic heterocycles. The van der Waals surface area contributed by atoms with E-state index in [-0.39, 0.29) is 16.8 Å². The van der Waals surface area contributed by atoms with E-state index in [1.165, 1.54) is 25.1 Å². The molecule has 0 fully saturated rings. The van der Waals surface area contributed by atoms with Crippen molar-refractivity contribution >= 4 is 39.1 Å². The van der Waals surface area contributed by atoms with E-state index in [1.807, 2.05) is 0 Å². The molecule has 0 radical (unpaired) electrons. The monoisotopic (exact) mass is 402 g/mol. The Labute approximate surface area is 163 Å². The molecule has 0 saturated heterocycles. The van der Waals surface area contributed by atoms with Gasteiger partial charge in [-0.1, -0.05) is 0 Å². The molecule has 0 unspecified atom stereocenters. The number of primary amides is 1. The van der Waals surface area contributed by atoms with Crippen LogP contribution < -0.4 is 26.1 Å². The highest BCUT2D eigenvalue weighted by molar-refractivity contribution is 7.20. The largest absolute Gasteiger partial charge is 0.497 e. The molecule has 0 aliphatic rings. The molecule has 0 saturated carbocycles. The van der Waals surface area contributed by atoms with Crippen LogP contribution in [0.2, 0.25) is 0 Å². The fraction of sp³-hybridized carbons (Fsp3) is 0.222. The summed E-state index contributed by atoms with van der Waals surface area (Å²) in [5.41, 5.74) is 5.80. The van der Waals surface area contributed by atoms with Crippen molar-refractivity contribution in [2.75, 3.05) is 19.5 Å². The van der Waals surface area contributed by atoms with Crippen molar-refractivity contribution in [2.45, 2.75) is 13.5 Å². The van der Waals surface area contributed by atoms with Gasteiger partial charge < -0.3 is 20.5 Å². The average molecular weight is 402 g/mol. The van der Waals surface area contributed by atoms with Crippen molar-refractivity contribution in [3.63, 3.8) is 0 Å². The Morgan fingerprint density at radius 2 is 2.04 bits per heavy atom. The summed E-state index contributed by atoms with van der Waals surface area (Å²) in [6, 6.07) is 4.98. The molecule has 0 spiro atoms. The number of methoxy groups -OCH3 is 2. The summed E-state index contributed by atoms with van der Waals surface area (Å²) in [7, 11) is 2.99. The quantitative estimate of drug-likeness (QED) is 0.644. The van der Waals surface area contributed by atoms with E-state index < -0.39 is 17.4 Å². The second kappa shape index (κ2) is 7.69. The number of rotatable bonds is 6. The number of nitrogens with zero attached hydrogens (tertiary/aromatic N) is 2. The number of fused-ring (bicyclic) bond motifs is 1. The molecule has 2 amide bonds. The second-order valence-corrected chi connectivity index (χ2v) is 6.89. The Balaban J connectivity index is 1.90. The third kappa shape index (κ3) is 3.54. The molecule has 0 aliphatic carbocycles. The fourth-order valence-electron chi connectivity index (χ4n) is 2.76. The van der Waals surface area contributed by atoms with Gasteiger partial charge in [-0.15, -0.1) is 11.3 Å². The first-order chi connectivity index (χ1) is 13.3. The number of thiophene rings is 1. The lowest BCUT2D eigenvalue weighted by Crippen LogP contribution is -2.28. The number of nitrogens with two attached hydrogens (primary N) is 1. The third-order valence-corrected chi connectivity index (χ3v) is 5.35. The topological polar surface area (TPSA) is 126 Å². The minimum atomic E-state index is -0.616. The number of carbonyl (C=O) groups excluding carboxylic acids is 2. The van der Waals surface area contributed by atoms with Gasteiger partial charge in [0.2, 0.25) is 5.91 Å². The van der Waals surface area contributed by atoms with Crippen LogP contribution in [-0.2, 0) is 11.3 Å². The number of aromatic nitrogens is 2. The number of nitrogens with one attached hydrogen (secondary N) is 1. The predicted octanol–water partition coefficient (Wildman–Crippen LogP) is 1.52. The van der Waals surface area contributed by atoms with Crippen LogP contribution in [0.5, 0.6) is 11.5 Å². The smallest absolute Gasteiger partial charge is 0.262 e. The van der Waals surface area contributed by atoms with Crippen LogP contribution in [-0.4, -0.2) is 35.6 Å². The highest BCUT2D eigenvalue weighted by Gasteiger charge is 2.18. The van der Waals surface area contributed by atoms with Gasteiger partial charge in [0.1, 0.15) is 22.9 Å². The van der Waals surface area contributed by atoms with Gasteiger partial charge in [-0.05, 0) is 24.6 Å². The van der Waals surface area contributed by atoms with Crippen LogP contribution >= 0.6 is 11.3 Å². The molecule has 1 aromatic carbocycles. The highest BCUT2D eigenvalue weighted by Crippen LogP contribution is 2.29. The Kier molecular flexibility index (Phi) is 5.32. The predicted molar refractivity (Wildman–Crippen MR) is 105 cm³/mol. The SMILES string of the molecule is COc1ccc(OC)c(NC(=O)Cn2cnc3sc(C(N)=O)c(C)c3c2=O)c1. The summed E-state index contributed by atoms with van der Waals surface area (Å²) in [5.74, 6) is -0.0637. The molecule has 0 bridgehead atoms. The van der Waals surface area contributed by atoms with Gasteiger partial charge in [0.25, 0.3) is 11.5 Å². The third-order valence-electron chi connectivity index (χ3n) is 4.14. The van der Waals surface area contributed by atoms with E-state index in [0.717, 1.165) is 11.3 Å². The summed E-state index contributed by atoms with van der Waals surface area (Å²) in [5, 5.41) is 2.98. The molecule has 146 valence electrons. The number of amides is 2. The van der Waals surface area contributed by atoms with Gasteiger partial charge in [0.15, 0.2) is 0 Å². The lowest BCUT2D eigenvalue weighted by molar-refractivity contribution is -0.116. The Morgan fingerprint density at radius 1 is 1.29 bits per heavy atom. The Hall–Kier alpha value is -3.40. The van der Waals surface area contributed by atoms with Crippen molar-refractivity contribution in [3.8, 4) is 11.5 Å². The van der Waals surface area contributed by atoms with Crippen LogP contribution in [0.4, 0.5) is 5.69 Å². The number of benzene rings is 1. The first-order valence-corrected chi connectivity index (χ1v) is 8.97. The van der Waals surface area contributed by atoms with Gasteiger partial charge in [-0.3, -0.25) is 19.0 Å². The van der Waals surface area contributed by atoms with Crippen LogP contribution in [0.3, 0.4) is 0 Å². The Bertz CT molecular complexity index is 1130. The lowest BCUT2D eigenvalue weighted by atomic mass is 10.2. The highest BCUT2D eigenvalue weighted by atomic mass is 32.1. The molecule has 2 aromatic heterocycles. The minimum absolute atomic E-state index is 0.261. The van der Waals surface area contributed by atoms with Gasteiger partial charge in [0, 0.05) is 6.07 Å². The van der Waals surface area contributed by atoms with E-state index in [2.05, 4.69) is 10.3 Å². The van der Waals surface area contributed by atoms with Crippen molar-refractivity contribution in [1.82, 2.24) is 9.55 Å². The zero-order valence-corrected chi connectivity index (χ0v) is 16.3. The zero-order valence-electron chi connectivity index (χ0n) is 15.4. The molecule has 3 rings (SSSR count). The van der Waals surface area contributed by atoms with Crippen molar-refractivity contribution in [1.29, 1.82) is 0 Å². The maximum atomic E-state index is 12.7. The molecular weight excluding hydrogens is 384 g/mol. The van der Waals surface area contributed by atoms with Gasteiger partial charge in [-0.2, -0.15) is 0 Å². The van der Waals surface area contributed by atoms with Gasteiger partial charge in [-0.25, -0.2) is 4.98 Å². The van der Waals surface area contributed by atoms with E-state index in [9.17, 15) is 14.4 Å². The molecule has 9 nitrogen and oxygen atoms in total. The summed E-state index contributed by atoms with van der Waals surface area (Å²) in [6.45, 7) is 1.37. The molecule has 10 heteroatoms. The number of carbonyl (C=O) groups is 2. The second-order valence-electron chi connectivity index (χ2n) is 5.89.